The van der Waals surface area contributed by atoms with E-state index in [0.717, 1.165) is 35.6 Å². The lowest BCUT2D eigenvalue weighted by molar-refractivity contribution is -0.138. The van der Waals surface area contributed by atoms with E-state index in [4.69, 9.17) is 0 Å². The summed E-state index contributed by atoms with van der Waals surface area (Å²) in [6, 6.07) is 18.0. The van der Waals surface area contributed by atoms with Crippen LogP contribution in [0.3, 0.4) is 0 Å². The number of piperazine rings is 1. The Morgan fingerprint density at radius 2 is 1.56 bits per heavy atom. The molecule has 2 amide bonds. The lowest BCUT2D eigenvalue weighted by Gasteiger charge is -2.33. The van der Waals surface area contributed by atoms with E-state index >= 15 is 0 Å². The molecule has 0 bridgehead atoms. The van der Waals surface area contributed by atoms with E-state index in [1.54, 1.807) is 24.4 Å². The van der Waals surface area contributed by atoms with Crippen molar-refractivity contribution in [1.82, 2.24) is 25.6 Å². The summed E-state index contributed by atoms with van der Waals surface area (Å²) in [4.78, 5) is 34.0. The lowest BCUT2D eigenvalue weighted by Crippen LogP contribution is -2.44. The van der Waals surface area contributed by atoms with Crippen molar-refractivity contribution in [2.24, 2.45) is 0 Å². The zero-order valence-corrected chi connectivity index (χ0v) is 23.8. The summed E-state index contributed by atoms with van der Waals surface area (Å²) in [6.45, 7) is 4.87. The van der Waals surface area contributed by atoms with Crippen LogP contribution in [0.2, 0.25) is 0 Å². The van der Waals surface area contributed by atoms with Gasteiger partial charge in [-0.1, -0.05) is 42.2 Å². The first-order valence-electron chi connectivity index (χ1n) is 13.8. The van der Waals surface area contributed by atoms with Gasteiger partial charge in [0.15, 0.2) is 0 Å². The topological polar surface area (TPSA) is 77.6 Å². The number of likely N-dealkylation sites (N-methyl/N-ethyl adjacent to an activating group) is 1. The highest BCUT2D eigenvalue weighted by Crippen LogP contribution is 2.33. The quantitative estimate of drug-likeness (QED) is 0.266. The predicted octanol–water partition coefficient (Wildman–Crippen LogP) is 4.78. The van der Waals surface area contributed by atoms with Crippen LogP contribution >= 0.6 is 0 Å². The Kier molecular flexibility index (Phi) is 8.76. The number of hydrogen-bond donors (Lipinski definition) is 2. The Labute approximate surface area is 247 Å². The fraction of sp³-hybridized carbons (Fsp3) is 0.242. The number of amides is 2. The molecule has 10 heteroatoms. The predicted molar refractivity (Wildman–Crippen MR) is 158 cm³/mol. The number of carbonyl (C=O) groups is 2. The van der Waals surface area contributed by atoms with Crippen LogP contribution < -0.4 is 10.9 Å². The van der Waals surface area contributed by atoms with Gasteiger partial charge in [-0.15, -0.1) is 0 Å². The van der Waals surface area contributed by atoms with Gasteiger partial charge in [-0.05, 0) is 61.5 Å². The molecular formula is C33H30F3N5O2. The molecule has 4 aromatic rings. The minimum atomic E-state index is -4.64. The smallest absolute Gasteiger partial charge is 0.304 e. The van der Waals surface area contributed by atoms with Gasteiger partial charge in [0.25, 0.3) is 11.8 Å². The Hall–Kier alpha value is -4.72. The number of hydrazine groups is 1. The van der Waals surface area contributed by atoms with Gasteiger partial charge in [-0.2, -0.15) is 13.2 Å². The molecule has 7 nitrogen and oxygen atoms in total. The van der Waals surface area contributed by atoms with Crippen LogP contribution in [0, 0.1) is 18.8 Å². The number of halogens is 3. The minimum absolute atomic E-state index is 0.102. The third kappa shape index (κ3) is 7.38. The van der Waals surface area contributed by atoms with E-state index in [-0.39, 0.29) is 23.2 Å². The van der Waals surface area contributed by atoms with Crippen molar-refractivity contribution in [1.29, 1.82) is 0 Å². The molecule has 0 saturated carbocycles. The summed E-state index contributed by atoms with van der Waals surface area (Å²) in [5.74, 6) is 4.64. The van der Waals surface area contributed by atoms with Gasteiger partial charge in [0.1, 0.15) is 0 Å². The molecule has 2 N–H and O–H groups in total. The molecule has 0 unspecified atom stereocenters. The monoisotopic (exact) mass is 585 g/mol. The highest BCUT2D eigenvalue weighted by atomic mass is 19.4. The Balaban J connectivity index is 1.26. The Morgan fingerprint density at radius 3 is 2.28 bits per heavy atom. The number of rotatable bonds is 4. The standard InChI is InChI=1S/C33H30F3N5O2/c1-22-7-9-26(18-24(22)10-8-23-17-25-5-3-4-6-30(25)37-20-23)31(42)38-39-32(43)27-11-12-28(29(19-27)33(34,35)36)21-41-15-13-40(2)14-16-41/h3-7,9,11-12,17-20H,13-16,21H2,1-2H3,(H,38,42)(H,39,43). The second kappa shape index (κ2) is 12.7. The van der Waals surface area contributed by atoms with Gasteiger partial charge in [0, 0.05) is 66.6 Å². The van der Waals surface area contributed by atoms with E-state index in [9.17, 15) is 22.8 Å². The van der Waals surface area contributed by atoms with Gasteiger partial charge in [-0.3, -0.25) is 30.3 Å². The van der Waals surface area contributed by atoms with Crippen molar-refractivity contribution in [2.75, 3.05) is 33.2 Å². The first-order chi connectivity index (χ1) is 20.6. The third-order valence-electron chi connectivity index (χ3n) is 7.39. The maximum absolute atomic E-state index is 13.9. The number of nitrogens with zero attached hydrogens (tertiary/aromatic N) is 3. The van der Waals surface area contributed by atoms with Crippen molar-refractivity contribution in [2.45, 2.75) is 19.6 Å². The first-order valence-corrected chi connectivity index (χ1v) is 13.8. The number of carbonyl (C=O) groups excluding carboxylic acids is 2. The molecule has 1 aromatic heterocycles. The van der Waals surface area contributed by atoms with Gasteiger partial charge >= 0.3 is 6.18 Å². The van der Waals surface area contributed by atoms with Gasteiger partial charge in [0.2, 0.25) is 0 Å². The second-order valence-electron chi connectivity index (χ2n) is 10.6. The zero-order chi connectivity index (χ0) is 30.6. The fourth-order valence-electron chi connectivity index (χ4n) is 4.80. The van der Waals surface area contributed by atoms with Crippen LogP contribution in [-0.4, -0.2) is 59.8 Å². The minimum Gasteiger partial charge on any atom is -0.304 e. The van der Waals surface area contributed by atoms with Crippen LogP contribution in [0.5, 0.6) is 0 Å². The number of aromatic nitrogens is 1. The van der Waals surface area contributed by atoms with E-state index in [1.165, 1.54) is 12.1 Å². The Bertz CT molecular complexity index is 1730. The number of pyridine rings is 1. The highest BCUT2D eigenvalue weighted by molar-refractivity contribution is 5.99. The van der Waals surface area contributed by atoms with Crippen molar-refractivity contribution in [3.63, 3.8) is 0 Å². The molecule has 1 saturated heterocycles. The third-order valence-corrected chi connectivity index (χ3v) is 7.39. The zero-order valence-electron chi connectivity index (χ0n) is 23.8. The average Bonchev–Trinajstić information content (AvgIpc) is 3.00. The number of aryl methyl sites for hydroxylation is 1. The molecule has 0 spiro atoms. The molecule has 2 heterocycles. The molecule has 1 aliphatic rings. The average molecular weight is 586 g/mol. The van der Waals surface area contributed by atoms with Crippen molar-refractivity contribution in [3.8, 4) is 11.8 Å². The van der Waals surface area contributed by atoms with E-state index in [0.29, 0.717) is 24.2 Å². The molecule has 0 atom stereocenters. The largest absolute Gasteiger partial charge is 0.416 e. The van der Waals surface area contributed by atoms with Gasteiger partial charge in [-0.25, -0.2) is 0 Å². The van der Waals surface area contributed by atoms with Crippen LogP contribution in [0.15, 0.2) is 72.9 Å². The summed E-state index contributed by atoms with van der Waals surface area (Å²) in [6.07, 6.45) is -2.95. The first kappa shape index (κ1) is 29.8. The Morgan fingerprint density at radius 1 is 0.884 bits per heavy atom. The molecule has 220 valence electrons. The molecule has 3 aromatic carbocycles. The summed E-state index contributed by atoms with van der Waals surface area (Å²) < 4.78 is 41.7. The number of nitrogens with one attached hydrogen (secondary N) is 2. The molecule has 0 radical (unpaired) electrons. The lowest BCUT2D eigenvalue weighted by atomic mass is 10.0. The number of alkyl halides is 3. The molecule has 1 fully saturated rings. The van der Waals surface area contributed by atoms with Gasteiger partial charge < -0.3 is 4.90 Å². The van der Waals surface area contributed by atoms with Crippen LogP contribution in [-0.2, 0) is 12.7 Å². The second-order valence-corrected chi connectivity index (χ2v) is 10.6. The van der Waals surface area contributed by atoms with E-state index in [1.807, 2.05) is 49.2 Å². The highest BCUT2D eigenvalue weighted by Gasteiger charge is 2.34. The van der Waals surface area contributed by atoms with Crippen LogP contribution in [0.4, 0.5) is 13.2 Å². The molecule has 43 heavy (non-hydrogen) atoms. The number of benzene rings is 3. The van der Waals surface area contributed by atoms with Crippen molar-refractivity contribution in [3.05, 3.63) is 112 Å². The molecule has 0 aliphatic carbocycles. The van der Waals surface area contributed by atoms with Crippen molar-refractivity contribution < 1.29 is 22.8 Å². The van der Waals surface area contributed by atoms with Gasteiger partial charge in [0.05, 0.1) is 11.1 Å². The van der Waals surface area contributed by atoms with E-state index < -0.39 is 23.6 Å². The molecular weight excluding hydrogens is 555 g/mol. The van der Waals surface area contributed by atoms with Crippen molar-refractivity contribution >= 4 is 22.7 Å². The van der Waals surface area contributed by atoms with Crippen LogP contribution in [0.25, 0.3) is 10.9 Å². The maximum Gasteiger partial charge on any atom is 0.416 e. The SMILES string of the molecule is Cc1ccc(C(=O)NNC(=O)c2ccc(CN3CCN(C)CC3)c(C(F)(F)F)c2)cc1C#Cc1cnc2ccccc2c1. The summed E-state index contributed by atoms with van der Waals surface area (Å²) in [5.41, 5.74) is 6.80. The normalized spacial score (nSPS) is 14.2. The fourth-order valence-corrected chi connectivity index (χ4v) is 4.80. The summed E-state index contributed by atoms with van der Waals surface area (Å²) in [5, 5.41) is 0.960. The maximum atomic E-state index is 13.9. The molecule has 1 aliphatic heterocycles. The van der Waals surface area contributed by atoms with E-state index in [2.05, 4.69) is 32.6 Å². The molecule has 5 rings (SSSR count). The summed E-state index contributed by atoms with van der Waals surface area (Å²) in [7, 11) is 1.97. The number of para-hydroxylation sites is 1. The summed E-state index contributed by atoms with van der Waals surface area (Å²) >= 11 is 0. The number of hydrogen-bond acceptors (Lipinski definition) is 5. The van der Waals surface area contributed by atoms with Crippen LogP contribution in [0.1, 0.15) is 48.5 Å². The number of fused-ring (bicyclic) bond motifs is 1.